The quantitative estimate of drug-likeness (QED) is 0.842. The van der Waals surface area contributed by atoms with Crippen LogP contribution in [-0.2, 0) is 4.79 Å². The fraction of sp³-hybridized carbons (Fsp3) is 0.389. The smallest absolute Gasteiger partial charge is 0.227 e. The minimum absolute atomic E-state index is 0.171. The van der Waals surface area contributed by atoms with E-state index in [2.05, 4.69) is 15.3 Å². The standard InChI is InChI=1S/C14H13ClN4O.2C2H6/c15-12-8-16-9-13(18-12)17-10-3-1-4-11(7-10)19-6-2-5-14(19)20;2*1-2/h1,3-4,7-9H,2,5-6H2,(H,17,18);2*1-2H3. The summed E-state index contributed by atoms with van der Waals surface area (Å²) in [6, 6.07) is 7.66. The van der Waals surface area contributed by atoms with E-state index in [0.717, 1.165) is 24.3 Å². The molecule has 130 valence electrons. The second-order valence-corrected chi connectivity index (χ2v) is 4.94. The van der Waals surface area contributed by atoms with Crippen LogP contribution in [0.1, 0.15) is 40.5 Å². The first-order chi connectivity index (χ1) is 11.7. The summed E-state index contributed by atoms with van der Waals surface area (Å²) in [6.45, 7) is 8.78. The van der Waals surface area contributed by atoms with Gasteiger partial charge >= 0.3 is 0 Å². The Morgan fingerprint density at radius 3 is 2.54 bits per heavy atom. The molecular formula is C18H25ClN4O. The third-order valence-corrected chi connectivity index (χ3v) is 3.29. The number of hydrogen-bond donors (Lipinski definition) is 1. The third kappa shape index (κ3) is 5.49. The van der Waals surface area contributed by atoms with Crippen molar-refractivity contribution in [2.75, 3.05) is 16.8 Å². The van der Waals surface area contributed by atoms with Crippen LogP contribution in [0.3, 0.4) is 0 Å². The fourth-order valence-electron chi connectivity index (χ4n) is 2.22. The molecule has 5 nitrogen and oxygen atoms in total. The summed E-state index contributed by atoms with van der Waals surface area (Å²) < 4.78 is 0. The number of hydrogen-bond acceptors (Lipinski definition) is 4. The normalized spacial score (nSPS) is 12.7. The van der Waals surface area contributed by atoms with Crippen molar-refractivity contribution in [3.8, 4) is 0 Å². The molecule has 2 aromatic rings. The van der Waals surface area contributed by atoms with Gasteiger partial charge in [0.25, 0.3) is 0 Å². The van der Waals surface area contributed by atoms with E-state index in [1.54, 1.807) is 11.1 Å². The first-order valence-corrected chi connectivity index (χ1v) is 8.75. The van der Waals surface area contributed by atoms with E-state index >= 15 is 0 Å². The van der Waals surface area contributed by atoms with Gasteiger partial charge in [-0.1, -0.05) is 45.4 Å². The maximum Gasteiger partial charge on any atom is 0.227 e. The molecule has 1 aromatic heterocycles. The summed E-state index contributed by atoms with van der Waals surface area (Å²) >= 11 is 5.80. The Balaban J connectivity index is 0.000000671. The average Bonchev–Trinajstić information content (AvgIpc) is 3.05. The lowest BCUT2D eigenvalue weighted by molar-refractivity contribution is -0.117. The Kier molecular flexibility index (Phi) is 8.79. The minimum Gasteiger partial charge on any atom is -0.339 e. The van der Waals surface area contributed by atoms with Crippen molar-refractivity contribution in [1.29, 1.82) is 0 Å². The van der Waals surface area contributed by atoms with Crippen LogP contribution in [-0.4, -0.2) is 22.4 Å². The van der Waals surface area contributed by atoms with E-state index in [9.17, 15) is 4.79 Å². The van der Waals surface area contributed by atoms with Crippen LogP contribution < -0.4 is 10.2 Å². The fourth-order valence-corrected chi connectivity index (χ4v) is 2.37. The number of amides is 1. The first kappa shape index (κ1) is 19.9. The molecule has 0 atom stereocenters. The van der Waals surface area contributed by atoms with Crippen molar-refractivity contribution < 1.29 is 4.79 Å². The maximum atomic E-state index is 11.8. The molecule has 1 saturated heterocycles. The summed E-state index contributed by atoms with van der Waals surface area (Å²) in [5.41, 5.74) is 1.74. The number of carbonyl (C=O) groups excluding carboxylic acids is 1. The molecular weight excluding hydrogens is 324 g/mol. The molecule has 6 heteroatoms. The Bertz CT molecular complexity index is 648. The van der Waals surface area contributed by atoms with Crippen LogP contribution in [0.15, 0.2) is 36.7 Å². The number of rotatable bonds is 3. The molecule has 0 bridgehead atoms. The number of nitrogens with zero attached hydrogens (tertiary/aromatic N) is 3. The molecule has 2 heterocycles. The van der Waals surface area contributed by atoms with Crippen LogP contribution in [0, 0.1) is 0 Å². The predicted molar refractivity (Wildman–Crippen MR) is 101 cm³/mol. The second kappa shape index (κ2) is 10.6. The lowest BCUT2D eigenvalue weighted by atomic mass is 10.2. The molecule has 0 aliphatic carbocycles. The summed E-state index contributed by atoms with van der Waals surface area (Å²) in [6.07, 6.45) is 4.61. The van der Waals surface area contributed by atoms with Gasteiger partial charge < -0.3 is 10.2 Å². The first-order valence-electron chi connectivity index (χ1n) is 8.37. The molecule has 24 heavy (non-hydrogen) atoms. The van der Waals surface area contributed by atoms with Gasteiger partial charge in [0.1, 0.15) is 5.15 Å². The zero-order valence-corrected chi connectivity index (χ0v) is 15.5. The van der Waals surface area contributed by atoms with Crippen molar-refractivity contribution in [2.45, 2.75) is 40.5 Å². The predicted octanol–water partition coefficient (Wildman–Crippen LogP) is 5.05. The molecule has 0 spiro atoms. The number of benzene rings is 1. The molecule has 3 rings (SSSR count). The molecule has 1 amide bonds. The SMILES string of the molecule is CC.CC.O=C1CCCN1c1cccc(Nc2cncc(Cl)n2)c1. The van der Waals surface area contributed by atoms with E-state index in [1.165, 1.54) is 6.20 Å². The maximum absolute atomic E-state index is 11.8. The minimum atomic E-state index is 0.171. The van der Waals surface area contributed by atoms with E-state index in [0.29, 0.717) is 17.4 Å². The van der Waals surface area contributed by atoms with Crippen LogP contribution in [0.4, 0.5) is 17.2 Å². The molecule has 0 saturated carbocycles. The van der Waals surface area contributed by atoms with Gasteiger partial charge in [0.2, 0.25) is 5.91 Å². The van der Waals surface area contributed by atoms with E-state index in [-0.39, 0.29) is 5.91 Å². The van der Waals surface area contributed by atoms with Crippen molar-refractivity contribution in [3.63, 3.8) is 0 Å². The third-order valence-electron chi connectivity index (χ3n) is 3.11. The number of anilines is 3. The molecule has 1 fully saturated rings. The molecule has 1 aliphatic heterocycles. The number of aromatic nitrogens is 2. The van der Waals surface area contributed by atoms with Crippen LogP contribution >= 0.6 is 11.6 Å². The van der Waals surface area contributed by atoms with Crippen molar-refractivity contribution in [2.24, 2.45) is 0 Å². The van der Waals surface area contributed by atoms with Crippen molar-refractivity contribution in [1.82, 2.24) is 9.97 Å². The van der Waals surface area contributed by atoms with Crippen LogP contribution in [0.25, 0.3) is 0 Å². The van der Waals surface area contributed by atoms with E-state index in [4.69, 9.17) is 11.6 Å². The van der Waals surface area contributed by atoms with Gasteiger partial charge in [-0.25, -0.2) is 4.98 Å². The summed E-state index contributed by atoms with van der Waals surface area (Å²) in [4.78, 5) is 21.6. The molecule has 1 aromatic carbocycles. The second-order valence-electron chi connectivity index (χ2n) is 4.55. The summed E-state index contributed by atoms with van der Waals surface area (Å²) in [5, 5.41) is 3.46. The lowest BCUT2D eigenvalue weighted by Crippen LogP contribution is -2.23. The number of nitrogens with one attached hydrogen (secondary N) is 1. The topological polar surface area (TPSA) is 58.1 Å². The largest absolute Gasteiger partial charge is 0.339 e. The Hall–Kier alpha value is -2.14. The van der Waals surface area contributed by atoms with Gasteiger partial charge in [-0.2, -0.15) is 0 Å². The van der Waals surface area contributed by atoms with Crippen molar-refractivity contribution in [3.05, 3.63) is 41.8 Å². The zero-order chi connectivity index (χ0) is 17.9. The highest BCUT2D eigenvalue weighted by Crippen LogP contribution is 2.25. The lowest BCUT2D eigenvalue weighted by Gasteiger charge is -2.16. The van der Waals surface area contributed by atoms with Gasteiger partial charge in [-0.3, -0.25) is 9.78 Å². The van der Waals surface area contributed by atoms with Gasteiger partial charge in [-0.05, 0) is 24.6 Å². The van der Waals surface area contributed by atoms with Crippen LogP contribution in [0.5, 0.6) is 0 Å². The summed E-state index contributed by atoms with van der Waals surface area (Å²) in [5.74, 6) is 0.743. The van der Waals surface area contributed by atoms with E-state index < -0.39 is 0 Å². The average molecular weight is 349 g/mol. The highest BCUT2D eigenvalue weighted by Gasteiger charge is 2.21. The van der Waals surface area contributed by atoms with Crippen LogP contribution in [0.2, 0.25) is 5.15 Å². The zero-order valence-electron chi connectivity index (χ0n) is 14.7. The van der Waals surface area contributed by atoms with Crippen molar-refractivity contribution >= 4 is 34.7 Å². The number of carbonyl (C=O) groups is 1. The Morgan fingerprint density at radius 2 is 1.92 bits per heavy atom. The molecule has 1 aliphatic rings. The van der Waals surface area contributed by atoms with Gasteiger partial charge in [0.05, 0.1) is 12.4 Å². The van der Waals surface area contributed by atoms with Gasteiger partial charge in [0.15, 0.2) is 5.82 Å². The molecule has 0 unspecified atom stereocenters. The highest BCUT2D eigenvalue weighted by atomic mass is 35.5. The summed E-state index contributed by atoms with van der Waals surface area (Å²) in [7, 11) is 0. The monoisotopic (exact) mass is 348 g/mol. The van der Waals surface area contributed by atoms with Gasteiger partial charge in [0, 0.05) is 24.3 Å². The highest BCUT2D eigenvalue weighted by molar-refractivity contribution is 6.29. The van der Waals surface area contributed by atoms with E-state index in [1.807, 2.05) is 52.0 Å². The van der Waals surface area contributed by atoms with Gasteiger partial charge in [-0.15, -0.1) is 0 Å². The Morgan fingerprint density at radius 1 is 1.17 bits per heavy atom. The molecule has 0 radical (unpaired) electrons. The molecule has 1 N–H and O–H groups in total. The number of halogens is 1. The Labute approximate surface area is 149 Å².